The number of hydrogen-bond acceptors (Lipinski definition) is 3. The van der Waals surface area contributed by atoms with Crippen molar-refractivity contribution in [1.82, 2.24) is 10.2 Å². The largest absolute Gasteiger partial charge is 0.352 e. The lowest BCUT2D eigenvalue weighted by atomic mass is 9.96. The summed E-state index contributed by atoms with van der Waals surface area (Å²) in [6.07, 6.45) is 1.63. The van der Waals surface area contributed by atoms with Gasteiger partial charge >= 0.3 is 0 Å². The maximum absolute atomic E-state index is 12.5. The van der Waals surface area contributed by atoms with Crippen molar-refractivity contribution in [3.63, 3.8) is 0 Å². The molecule has 1 aromatic rings. The van der Waals surface area contributed by atoms with E-state index in [-0.39, 0.29) is 23.8 Å². The molecule has 0 radical (unpaired) electrons. The van der Waals surface area contributed by atoms with E-state index in [2.05, 4.69) is 5.32 Å². The van der Waals surface area contributed by atoms with Gasteiger partial charge in [0, 0.05) is 36.3 Å². The first-order valence-electron chi connectivity index (χ1n) is 7.56. The molecule has 1 saturated heterocycles. The van der Waals surface area contributed by atoms with Crippen LogP contribution in [0.3, 0.4) is 0 Å². The van der Waals surface area contributed by atoms with Gasteiger partial charge in [0.2, 0.25) is 5.91 Å². The molecule has 1 unspecified atom stereocenters. The Morgan fingerprint density at radius 1 is 1.41 bits per heavy atom. The minimum absolute atomic E-state index is 0.0217. The number of nitrogens with one attached hydrogen (secondary N) is 1. The van der Waals surface area contributed by atoms with E-state index in [9.17, 15) is 9.59 Å². The second-order valence-electron chi connectivity index (χ2n) is 5.74. The van der Waals surface area contributed by atoms with E-state index >= 15 is 0 Å². The third kappa shape index (κ3) is 4.21. The van der Waals surface area contributed by atoms with Gasteiger partial charge < -0.3 is 16.0 Å². The minimum Gasteiger partial charge on any atom is -0.352 e. The van der Waals surface area contributed by atoms with Gasteiger partial charge in [0.15, 0.2) is 0 Å². The molecular formula is C16H22ClN3O2. The third-order valence-electron chi connectivity index (χ3n) is 3.91. The molecule has 0 bridgehead atoms. The Hall–Kier alpha value is -1.59. The molecule has 0 spiro atoms. The summed E-state index contributed by atoms with van der Waals surface area (Å²) in [4.78, 5) is 26.4. The number of amides is 2. The van der Waals surface area contributed by atoms with Gasteiger partial charge in [-0.25, -0.2) is 0 Å². The van der Waals surface area contributed by atoms with Crippen LogP contribution in [0.5, 0.6) is 0 Å². The number of nitrogens with zero attached hydrogens (tertiary/aromatic N) is 1. The first kappa shape index (κ1) is 16.8. The van der Waals surface area contributed by atoms with Crippen LogP contribution in [0, 0.1) is 5.92 Å². The first-order chi connectivity index (χ1) is 10.5. The number of hydrogen-bond donors (Lipinski definition) is 2. The molecule has 1 aliphatic heterocycles. The Morgan fingerprint density at radius 3 is 2.73 bits per heavy atom. The van der Waals surface area contributed by atoms with Gasteiger partial charge in [-0.2, -0.15) is 0 Å². The number of halogens is 1. The average Bonchev–Trinajstić information content (AvgIpc) is 2.54. The van der Waals surface area contributed by atoms with Crippen molar-refractivity contribution in [2.24, 2.45) is 11.7 Å². The van der Waals surface area contributed by atoms with Gasteiger partial charge in [-0.15, -0.1) is 0 Å². The number of carbonyl (C=O) groups is 2. The third-order valence-corrected chi connectivity index (χ3v) is 4.16. The zero-order valence-corrected chi connectivity index (χ0v) is 13.5. The van der Waals surface area contributed by atoms with Gasteiger partial charge in [-0.05, 0) is 44.0 Å². The average molecular weight is 324 g/mol. The molecule has 0 aromatic heterocycles. The minimum atomic E-state index is -0.168. The highest BCUT2D eigenvalue weighted by Gasteiger charge is 2.29. The molecule has 2 rings (SSSR count). The Bertz CT molecular complexity index is 533. The maximum Gasteiger partial charge on any atom is 0.253 e. The number of benzene rings is 1. The van der Waals surface area contributed by atoms with Crippen LogP contribution in [0.2, 0.25) is 5.02 Å². The molecular weight excluding hydrogens is 302 g/mol. The van der Waals surface area contributed by atoms with Crippen LogP contribution in [0.1, 0.15) is 30.1 Å². The summed E-state index contributed by atoms with van der Waals surface area (Å²) in [6.45, 7) is 3.41. The van der Waals surface area contributed by atoms with E-state index in [1.165, 1.54) is 0 Å². The van der Waals surface area contributed by atoms with Crippen molar-refractivity contribution in [1.29, 1.82) is 0 Å². The molecule has 3 N–H and O–H groups in total. The fourth-order valence-corrected chi connectivity index (χ4v) is 2.70. The summed E-state index contributed by atoms with van der Waals surface area (Å²) in [7, 11) is 0. The van der Waals surface area contributed by atoms with E-state index in [4.69, 9.17) is 17.3 Å². The predicted molar refractivity (Wildman–Crippen MR) is 86.7 cm³/mol. The van der Waals surface area contributed by atoms with E-state index in [1.54, 1.807) is 29.2 Å². The number of nitrogens with two attached hydrogens (primary N) is 1. The fraction of sp³-hybridized carbons (Fsp3) is 0.500. The summed E-state index contributed by atoms with van der Waals surface area (Å²) >= 11 is 5.84. The zero-order chi connectivity index (χ0) is 16.1. The zero-order valence-electron chi connectivity index (χ0n) is 12.7. The van der Waals surface area contributed by atoms with E-state index in [0.717, 1.165) is 12.8 Å². The molecule has 2 amide bonds. The van der Waals surface area contributed by atoms with Crippen molar-refractivity contribution < 1.29 is 9.59 Å². The molecule has 1 heterocycles. The molecule has 0 aliphatic carbocycles. The highest BCUT2D eigenvalue weighted by Crippen LogP contribution is 2.20. The second kappa shape index (κ2) is 7.61. The van der Waals surface area contributed by atoms with E-state index in [0.29, 0.717) is 30.2 Å². The van der Waals surface area contributed by atoms with Crippen LogP contribution in [-0.4, -0.2) is 42.4 Å². The smallest absolute Gasteiger partial charge is 0.253 e. The van der Waals surface area contributed by atoms with Crippen molar-refractivity contribution in [2.45, 2.75) is 25.8 Å². The molecule has 1 aliphatic rings. The maximum atomic E-state index is 12.5. The van der Waals surface area contributed by atoms with Crippen LogP contribution in [0.25, 0.3) is 0 Å². The number of carbonyl (C=O) groups excluding carboxylic acids is 2. The van der Waals surface area contributed by atoms with Crippen LogP contribution < -0.4 is 11.1 Å². The van der Waals surface area contributed by atoms with Crippen molar-refractivity contribution in [3.05, 3.63) is 34.9 Å². The van der Waals surface area contributed by atoms with Crippen LogP contribution in [0.4, 0.5) is 0 Å². The fourth-order valence-electron chi connectivity index (χ4n) is 2.57. The SMILES string of the molecule is C[C@@H](CN)NC(=O)C1CCCN(C(=O)c2ccc(Cl)cc2)C1. The lowest BCUT2D eigenvalue weighted by Crippen LogP contribution is -2.48. The highest BCUT2D eigenvalue weighted by atomic mass is 35.5. The van der Waals surface area contributed by atoms with E-state index in [1.807, 2.05) is 6.92 Å². The lowest BCUT2D eigenvalue weighted by molar-refractivity contribution is -0.126. The monoisotopic (exact) mass is 323 g/mol. The van der Waals surface area contributed by atoms with Gasteiger partial charge in [0.25, 0.3) is 5.91 Å². The summed E-state index contributed by atoms with van der Waals surface area (Å²) in [5.74, 6) is -0.244. The van der Waals surface area contributed by atoms with Crippen LogP contribution in [0.15, 0.2) is 24.3 Å². The highest BCUT2D eigenvalue weighted by molar-refractivity contribution is 6.30. The molecule has 5 nitrogen and oxygen atoms in total. The molecule has 22 heavy (non-hydrogen) atoms. The summed E-state index contributed by atoms with van der Waals surface area (Å²) in [5, 5.41) is 3.49. The number of piperidine rings is 1. The summed E-state index contributed by atoms with van der Waals surface area (Å²) < 4.78 is 0. The van der Waals surface area contributed by atoms with Crippen molar-refractivity contribution in [3.8, 4) is 0 Å². The topological polar surface area (TPSA) is 75.4 Å². The molecule has 1 aromatic carbocycles. The van der Waals surface area contributed by atoms with Crippen LogP contribution in [-0.2, 0) is 4.79 Å². The molecule has 120 valence electrons. The quantitative estimate of drug-likeness (QED) is 0.884. The number of rotatable bonds is 4. The number of likely N-dealkylation sites (tertiary alicyclic amines) is 1. The summed E-state index contributed by atoms with van der Waals surface area (Å²) in [6, 6.07) is 6.78. The Balaban J connectivity index is 1.99. The Kier molecular flexibility index (Phi) is 5.80. The van der Waals surface area contributed by atoms with E-state index < -0.39 is 0 Å². The molecule has 1 fully saturated rings. The first-order valence-corrected chi connectivity index (χ1v) is 7.94. The van der Waals surface area contributed by atoms with Gasteiger partial charge in [-0.1, -0.05) is 11.6 Å². The normalized spacial score (nSPS) is 19.6. The van der Waals surface area contributed by atoms with Crippen LogP contribution >= 0.6 is 11.6 Å². The van der Waals surface area contributed by atoms with Gasteiger partial charge in [-0.3, -0.25) is 9.59 Å². The van der Waals surface area contributed by atoms with Crippen molar-refractivity contribution in [2.75, 3.05) is 19.6 Å². The van der Waals surface area contributed by atoms with Gasteiger partial charge in [0.05, 0.1) is 5.92 Å². The molecule has 0 saturated carbocycles. The second-order valence-corrected chi connectivity index (χ2v) is 6.18. The molecule has 2 atom stereocenters. The van der Waals surface area contributed by atoms with Crippen molar-refractivity contribution >= 4 is 23.4 Å². The Morgan fingerprint density at radius 2 is 2.09 bits per heavy atom. The summed E-state index contributed by atoms with van der Waals surface area (Å²) in [5.41, 5.74) is 6.12. The Labute approximate surface area is 135 Å². The van der Waals surface area contributed by atoms with Gasteiger partial charge in [0.1, 0.15) is 0 Å². The molecule has 6 heteroatoms. The lowest BCUT2D eigenvalue weighted by Gasteiger charge is -2.32. The predicted octanol–water partition coefficient (Wildman–Crippen LogP) is 1.66. The standard InChI is InChI=1S/C16H22ClN3O2/c1-11(9-18)19-15(21)13-3-2-8-20(10-13)16(22)12-4-6-14(17)7-5-12/h4-7,11,13H,2-3,8-10,18H2,1H3,(H,19,21)/t11-,13?/m0/s1.